The van der Waals surface area contributed by atoms with Crippen molar-refractivity contribution in [3.63, 3.8) is 0 Å². The summed E-state index contributed by atoms with van der Waals surface area (Å²) in [5.41, 5.74) is 3.04. The van der Waals surface area contributed by atoms with E-state index in [0.29, 0.717) is 5.82 Å². The van der Waals surface area contributed by atoms with E-state index < -0.39 is 11.8 Å². The fraction of sp³-hybridized carbons (Fsp3) is 0.500. The Balaban J connectivity index is 2.21. The van der Waals surface area contributed by atoms with E-state index in [0.717, 1.165) is 5.56 Å². The summed E-state index contributed by atoms with van der Waals surface area (Å²) in [4.78, 5) is 17.4. The molecule has 1 aromatic rings. The SMILES string of the molecule is Cc1cc(C(=O)NN)nc(N2CCC(F)(F)CC2)c1. The van der Waals surface area contributed by atoms with Crippen LogP contribution in [0.25, 0.3) is 0 Å². The Labute approximate surface area is 109 Å². The van der Waals surface area contributed by atoms with E-state index in [1.807, 2.05) is 12.3 Å². The number of amides is 1. The molecule has 0 atom stereocenters. The number of nitrogen functional groups attached to an aromatic ring is 1. The Morgan fingerprint density at radius 2 is 2.05 bits per heavy atom. The van der Waals surface area contributed by atoms with Crippen LogP contribution >= 0.6 is 0 Å². The lowest BCUT2D eigenvalue weighted by atomic mass is 10.1. The Bertz CT molecular complexity index is 483. The third-order valence-corrected chi connectivity index (χ3v) is 3.14. The van der Waals surface area contributed by atoms with E-state index in [-0.39, 0.29) is 31.6 Å². The number of nitrogens with two attached hydrogens (primary N) is 1. The van der Waals surface area contributed by atoms with Gasteiger partial charge in [-0.25, -0.2) is 19.6 Å². The minimum atomic E-state index is -2.60. The molecule has 1 saturated heterocycles. The van der Waals surface area contributed by atoms with Crippen LogP contribution in [0.4, 0.5) is 14.6 Å². The van der Waals surface area contributed by atoms with Crippen molar-refractivity contribution in [2.45, 2.75) is 25.7 Å². The van der Waals surface area contributed by atoms with Gasteiger partial charge in [0.1, 0.15) is 11.5 Å². The zero-order valence-corrected chi connectivity index (χ0v) is 10.6. The van der Waals surface area contributed by atoms with Crippen molar-refractivity contribution in [1.82, 2.24) is 10.4 Å². The van der Waals surface area contributed by atoms with Crippen molar-refractivity contribution < 1.29 is 13.6 Å². The van der Waals surface area contributed by atoms with Gasteiger partial charge < -0.3 is 4.90 Å². The monoisotopic (exact) mass is 270 g/mol. The van der Waals surface area contributed by atoms with Crippen molar-refractivity contribution in [1.29, 1.82) is 0 Å². The fourth-order valence-corrected chi connectivity index (χ4v) is 2.06. The van der Waals surface area contributed by atoms with E-state index in [9.17, 15) is 13.6 Å². The lowest BCUT2D eigenvalue weighted by Gasteiger charge is -2.32. The van der Waals surface area contributed by atoms with Gasteiger partial charge in [0.05, 0.1) is 0 Å². The van der Waals surface area contributed by atoms with Gasteiger partial charge in [0.2, 0.25) is 0 Å². The molecule has 1 amide bonds. The smallest absolute Gasteiger partial charge is 0.283 e. The fourth-order valence-electron chi connectivity index (χ4n) is 2.06. The molecule has 2 heterocycles. The zero-order valence-electron chi connectivity index (χ0n) is 10.6. The van der Waals surface area contributed by atoms with Gasteiger partial charge in [0.25, 0.3) is 11.8 Å². The molecule has 104 valence electrons. The number of nitrogens with one attached hydrogen (secondary N) is 1. The second-order valence-electron chi connectivity index (χ2n) is 4.70. The molecule has 3 N–H and O–H groups in total. The number of pyridine rings is 1. The second-order valence-corrected chi connectivity index (χ2v) is 4.70. The molecule has 0 spiro atoms. The van der Waals surface area contributed by atoms with Crippen molar-refractivity contribution in [2.24, 2.45) is 5.84 Å². The van der Waals surface area contributed by atoms with Crippen LogP contribution in [0.2, 0.25) is 0 Å². The van der Waals surface area contributed by atoms with E-state index in [2.05, 4.69) is 4.98 Å². The standard InChI is InChI=1S/C12H16F2N4O/c1-8-6-9(11(19)17-15)16-10(7-8)18-4-2-12(13,14)3-5-18/h6-7H,2-5,15H2,1H3,(H,17,19). The molecular weight excluding hydrogens is 254 g/mol. The van der Waals surface area contributed by atoms with Crippen LogP contribution in [0.1, 0.15) is 28.9 Å². The summed E-state index contributed by atoms with van der Waals surface area (Å²) in [6.45, 7) is 2.28. The van der Waals surface area contributed by atoms with E-state index in [4.69, 9.17) is 5.84 Å². The maximum atomic E-state index is 13.1. The first-order valence-electron chi connectivity index (χ1n) is 6.04. The van der Waals surface area contributed by atoms with Gasteiger partial charge in [-0.1, -0.05) is 0 Å². The molecule has 19 heavy (non-hydrogen) atoms. The molecule has 0 aliphatic carbocycles. The van der Waals surface area contributed by atoms with Gasteiger partial charge in [-0.3, -0.25) is 10.2 Å². The minimum Gasteiger partial charge on any atom is -0.356 e. The second kappa shape index (κ2) is 5.08. The van der Waals surface area contributed by atoms with Crippen LogP contribution < -0.4 is 16.2 Å². The molecule has 0 aromatic carbocycles. The largest absolute Gasteiger partial charge is 0.356 e. The molecule has 1 aliphatic heterocycles. The number of hydrogen-bond donors (Lipinski definition) is 2. The third kappa shape index (κ3) is 3.17. The first-order valence-corrected chi connectivity index (χ1v) is 6.04. The maximum Gasteiger partial charge on any atom is 0.283 e. The summed E-state index contributed by atoms with van der Waals surface area (Å²) in [5, 5.41) is 0. The summed E-state index contributed by atoms with van der Waals surface area (Å²) in [6.07, 6.45) is -0.387. The van der Waals surface area contributed by atoms with E-state index in [1.165, 1.54) is 0 Å². The Morgan fingerprint density at radius 1 is 1.42 bits per heavy atom. The summed E-state index contributed by atoms with van der Waals surface area (Å²) in [6, 6.07) is 3.38. The molecule has 0 radical (unpaired) electrons. The van der Waals surface area contributed by atoms with E-state index in [1.54, 1.807) is 17.0 Å². The molecule has 5 nitrogen and oxygen atoms in total. The van der Waals surface area contributed by atoms with Crippen LogP contribution in [-0.4, -0.2) is 29.9 Å². The summed E-state index contributed by atoms with van der Waals surface area (Å²) in [5.74, 6) is 2.51. The number of carbonyl (C=O) groups excluding carboxylic acids is 1. The number of anilines is 1. The first kappa shape index (κ1) is 13.7. The van der Waals surface area contributed by atoms with Gasteiger partial charge in [0, 0.05) is 25.9 Å². The number of piperidine rings is 1. The quantitative estimate of drug-likeness (QED) is 0.481. The van der Waals surface area contributed by atoms with Crippen LogP contribution in [0.5, 0.6) is 0 Å². The van der Waals surface area contributed by atoms with Crippen LogP contribution in [-0.2, 0) is 0 Å². The van der Waals surface area contributed by atoms with Crippen molar-refractivity contribution in [3.05, 3.63) is 23.4 Å². The Morgan fingerprint density at radius 3 is 2.63 bits per heavy atom. The molecular formula is C12H16F2N4O. The number of halogens is 2. The van der Waals surface area contributed by atoms with Crippen LogP contribution in [0, 0.1) is 6.92 Å². The number of rotatable bonds is 2. The number of carbonyl (C=O) groups is 1. The molecule has 1 aliphatic rings. The van der Waals surface area contributed by atoms with Gasteiger partial charge in [-0.15, -0.1) is 0 Å². The third-order valence-electron chi connectivity index (χ3n) is 3.14. The molecule has 0 bridgehead atoms. The highest BCUT2D eigenvalue weighted by atomic mass is 19.3. The maximum absolute atomic E-state index is 13.1. The average Bonchev–Trinajstić information content (AvgIpc) is 2.37. The lowest BCUT2D eigenvalue weighted by molar-refractivity contribution is -0.0221. The molecule has 2 rings (SSSR count). The number of hydrazine groups is 1. The molecule has 7 heteroatoms. The van der Waals surface area contributed by atoms with E-state index >= 15 is 0 Å². The van der Waals surface area contributed by atoms with Gasteiger partial charge >= 0.3 is 0 Å². The minimum absolute atomic E-state index is 0.190. The highest BCUT2D eigenvalue weighted by molar-refractivity contribution is 5.92. The number of nitrogens with zero attached hydrogens (tertiary/aromatic N) is 2. The predicted molar refractivity (Wildman–Crippen MR) is 67.0 cm³/mol. The number of alkyl halides is 2. The predicted octanol–water partition coefficient (Wildman–Crippen LogP) is 1.23. The zero-order chi connectivity index (χ0) is 14.0. The summed E-state index contributed by atoms with van der Waals surface area (Å²) < 4.78 is 26.2. The number of aryl methyl sites for hydroxylation is 1. The highest BCUT2D eigenvalue weighted by Gasteiger charge is 2.34. The lowest BCUT2D eigenvalue weighted by Crippen LogP contribution is -2.40. The summed E-state index contributed by atoms with van der Waals surface area (Å²) in [7, 11) is 0. The average molecular weight is 270 g/mol. The van der Waals surface area contributed by atoms with Gasteiger partial charge in [0.15, 0.2) is 0 Å². The van der Waals surface area contributed by atoms with Crippen LogP contribution in [0.15, 0.2) is 12.1 Å². The normalized spacial score (nSPS) is 18.2. The van der Waals surface area contributed by atoms with Gasteiger partial charge in [-0.05, 0) is 24.6 Å². The van der Waals surface area contributed by atoms with Crippen LogP contribution in [0.3, 0.4) is 0 Å². The molecule has 1 aromatic heterocycles. The van der Waals surface area contributed by atoms with Crippen molar-refractivity contribution >= 4 is 11.7 Å². The Hall–Kier alpha value is -1.76. The molecule has 0 saturated carbocycles. The van der Waals surface area contributed by atoms with Crippen molar-refractivity contribution in [2.75, 3.05) is 18.0 Å². The molecule has 0 unspecified atom stereocenters. The number of aromatic nitrogens is 1. The summed E-state index contributed by atoms with van der Waals surface area (Å²) >= 11 is 0. The molecule has 1 fully saturated rings. The van der Waals surface area contributed by atoms with Gasteiger partial charge in [-0.2, -0.15) is 0 Å². The first-order chi connectivity index (χ1) is 8.91. The van der Waals surface area contributed by atoms with Crippen molar-refractivity contribution in [3.8, 4) is 0 Å². The Kier molecular flexibility index (Phi) is 3.66. The highest BCUT2D eigenvalue weighted by Crippen LogP contribution is 2.30. The topological polar surface area (TPSA) is 71.2 Å². The number of hydrogen-bond acceptors (Lipinski definition) is 4.